The fraction of sp³-hybridized carbons (Fsp3) is 0.533. The summed E-state index contributed by atoms with van der Waals surface area (Å²) < 4.78 is 28.4. The molecule has 0 heterocycles. The highest BCUT2D eigenvalue weighted by Gasteiger charge is 2.09. The molecule has 3 N–H and O–H groups in total. The molecule has 1 atom stereocenters. The lowest BCUT2D eigenvalue weighted by atomic mass is 10.1. The fourth-order valence-corrected chi connectivity index (χ4v) is 1.74. The topological polar surface area (TPSA) is 65.9 Å². The third-order valence-corrected chi connectivity index (χ3v) is 2.80. The first-order valence-electron chi connectivity index (χ1n) is 7.31. The average molecular weight is 443 g/mol. The van der Waals surface area contributed by atoms with Gasteiger partial charge in [0.1, 0.15) is 5.75 Å². The number of alkyl halides is 2. The van der Waals surface area contributed by atoms with Crippen molar-refractivity contribution in [2.45, 2.75) is 33.0 Å². The molecule has 0 spiro atoms. The van der Waals surface area contributed by atoms with Crippen molar-refractivity contribution in [1.29, 1.82) is 0 Å². The van der Waals surface area contributed by atoms with Crippen LogP contribution in [0.3, 0.4) is 0 Å². The Labute approximate surface area is 152 Å². The van der Waals surface area contributed by atoms with Gasteiger partial charge < -0.3 is 20.5 Å². The number of aliphatic imine (C=N–C) groups is 1. The van der Waals surface area contributed by atoms with Crippen LogP contribution in [-0.4, -0.2) is 37.3 Å². The molecule has 0 radical (unpaired) electrons. The van der Waals surface area contributed by atoms with Crippen LogP contribution in [0.1, 0.15) is 31.9 Å². The molecule has 132 valence electrons. The molecular formula is C15H24F2IN3O2. The van der Waals surface area contributed by atoms with E-state index in [-0.39, 0.29) is 36.3 Å². The minimum Gasteiger partial charge on any atom is -0.435 e. The highest BCUT2D eigenvalue weighted by atomic mass is 127. The molecule has 0 saturated heterocycles. The molecule has 5 nitrogen and oxygen atoms in total. The van der Waals surface area contributed by atoms with Crippen LogP contribution < -0.4 is 15.4 Å². The predicted molar refractivity (Wildman–Crippen MR) is 97.7 cm³/mol. The van der Waals surface area contributed by atoms with E-state index in [1.165, 1.54) is 12.1 Å². The van der Waals surface area contributed by atoms with E-state index in [2.05, 4.69) is 27.3 Å². The number of halogens is 3. The van der Waals surface area contributed by atoms with Crippen LogP contribution in [-0.2, 0) is 0 Å². The van der Waals surface area contributed by atoms with Crippen LogP contribution in [0, 0.1) is 0 Å². The maximum Gasteiger partial charge on any atom is 0.387 e. The molecular weight excluding hydrogens is 419 g/mol. The molecule has 0 aliphatic heterocycles. The number of aliphatic hydroxyl groups excluding tert-OH is 1. The van der Waals surface area contributed by atoms with Gasteiger partial charge in [-0.05, 0) is 31.0 Å². The van der Waals surface area contributed by atoms with Crippen LogP contribution in [0.5, 0.6) is 5.75 Å². The van der Waals surface area contributed by atoms with Crippen molar-refractivity contribution in [1.82, 2.24) is 10.6 Å². The van der Waals surface area contributed by atoms with Crippen molar-refractivity contribution in [3.63, 3.8) is 0 Å². The van der Waals surface area contributed by atoms with E-state index in [9.17, 15) is 13.9 Å². The molecule has 0 fully saturated rings. The lowest BCUT2D eigenvalue weighted by molar-refractivity contribution is -0.0498. The van der Waals surface area contributed by atoms with Gasteiger partial charge in [0.2, 0.25) is 0 Å². The Hall–Kier alpha value is -1.16. The number of hydrogen-bond donors (Lipinski definition) is 3. The zero-order valence-corrected chi connectivity index (χ0v) is 15.6. The summed E-state index contributed by atoms with van der Waals surface area (Å²) in [5.41, 5.74) is 0.594. The first kappa shape index (κ1) is 21.8. The monoisotopic (exact) mass is 443 g/mol. The van der Waals surface area contributed by atoms with E-state index in [0.717, 1.165) is 19.5 Å². The molecule has 0 bridgehead atoms. The highest BCUT2D eigenvalue weighted by Crippen LogP contribution is 2.19. The molecule has 0 aliphatic rings. The first-order valence-corrected chi connectivity index (χ1v) is 7.31. The minimum absolute atomic E-state index is 0. The van der Waals surface area contributed by atoms with Gasteiger partial charge in [0, 0.05) is 13.1 Å². The minimum atomic E-state index is -2.85. The molecule has 1 aromatic rings. The van der Waals surface area contributed by atoms with Crippen molar-refractivity contribution in [3.8, 4) is 5.75 Å². The molecule has 0 aromatic heterocycles. The zero-order valence-electron chi connectivity index (χ0n) is 13.3. The Balaban J connectivity index is 0.00000484. The van der Waals surface area contributed by atoms with Gasteiger partial charge in [0.05, 0.1) is 12.6 Å². The smallest absolute Gasteiger partial charge is 0.387 e. The number of ether oxygens (including phenoxy) is 1. The second-order valence-electron chi connectivity index (χ2n) is 4.61. The van der Waals surface area contributed by atoms with Crippen LogP contribution in [0.15, 0.2) is 29.3 Å². The third-order valence-electron chi connectivity index (χ3n) is 2.80. The molecule has 0 aliphatic carbocycles. The number of hydrogen-bond acceptors (Lipinski definition) is 3. The summed E-state index contributed by atoms with van der Waals surface area (Å²) in [4.78, 5) is 4.29. The quantitative estimate of drug-likeness (QED) is 0.329. The van der Waals surface area contributed by atoms with Gasteiger partial charge in [-0.3, -0.25) is 4.99 Å². The molecule has 1 rings (SSSR count). The largest absolute Gasteiger partial charge is 0.435 e. The average Bonchev–Trinajstić information content (AvgIpc) is 2.50. The standard InChI is InChI=1S/C15H23F2N3O2.HI/c1-3-9-19-15(18-4-2)20-10-13(21)11-5-7-12(8-6-11)22-14(16)17;/h5-8,13-14,21H,3-4,9-10H2,1-2H3,(H2,18,19,20);1H. The van der Waals surface area contributed by atoms with Gasteiger partial charge >= 0.3 is 6.61 Å². The van der Waals surface area contributed by atoms with E-state index in [0.29, 0.717) is 11.5 Å². The van der Waals surface area contributed by atoms with Gasteiger partial charge in [-0.15, -0.1) is 24.0 Å². The van der Waals surface area contributed by atoms with Crippen molar-refractivity contribution >= 4 is 29.9 Å². The van der Waals surface area contributed by atoms with Gasteiger partial charge in [0.15, 0.2) is 5.96 Å². The normalized spacial score (nSPS) is 12.5. The van der Waals surface area contributed by atoms with Crippen LogP contribution in [0.25, 0.3) is 0 Å². The molecule has 0 amide bonds. The zero-order chi connectivity index (χ0) is 16.4. The Bertz CT molecular complexity index is 459. The van der Waals surface area contributed by atoms with Crippen LogP contribution >= 0.6 is 24.0 Å². The summed E-state index contributed by atoms with van der Waals surface area (Å²) in [7, 11) is 0. The summed E-state index contributed by atoms with van der Waals surface area (Å²) in [6, 6.07) is 5.89. The third kappa shape index (κ3) is 8.89. The lowest BCUT2D eigenvalue weighted by Gasteiger charge is -2.13. The van der Waals surface area contributed by atoms with Crippen molar-refractivity contribution in [2.24, 2.45) is 4.99 Å². The summed E-state index contributed by atoms with van der Waals surface area (Å²) in [6.45, 7) is 2.85. The maximum atomic E-state index is 12.1. The lowest BCUT2D eigenvalue weighted by Crippen LogP contribution is -2.37. The molecule has 1 aromatic carbocycles. The van der Waals surface area contributed by atoms with E-state index in [1.54, 1.807) is 12.1 Å². The van der Waals surface area contributed by atoms with Crippen molar-refractivity contribution < 1.29 is 18.6 Å². The summed E-state index contributed by atoms with van der Waals surface area (Å²) in [5, 5.41) is 16.3. The molecule has 0 saturated carbocycles. The summed E-state index contributed by atoms with van der Waals surface area (Å²) >= 11 is 0. The summed E-state index contributed by atoms with van der Waals surface area (Å²) in [6.07, 6.45) is 0.163. The van der Waals surface area contributed by atoms with Gasteiger partial charge in [-0.2, -0.15) is 8.78 Å². The molecule has 1 unspecified atom stereocenters. The molecule has 8 heteroatoms. The van der Waals surface area contributed by atoms with Crippen LogP contribution in [0.2, 0.25) is 0 Å². The summed E-state index contributed by atoms with van der Waals surface area (Å²) in [5.74, 6) is 0.702. The Morgan fingerprint density at radius 2 is 1.87 bits per heavy atom. The van der Waals surface area contributed by atoms with E-state index in [1.807, 2.05) is 6.92 Å². The van der Waals surface area contributed by atoms with Gasteiger partial charge in [-0.1, -0.05) is 19.1 Å². The number of aliphatic hydroxyl groups is 1. The number of nitrogens with one attached hydrogen (secondary N) is 2. The number of benzene rings is 1. The second-order valence-corrected chi connectivity index (χ2v) is 4.61. The SMILES string of the molecule is CCCNC(=NCC(O)c1ccc(OC(F)F)cc1)NCC.I. The number of rotatable bonds is 8. The van der Waals surface area contributed by atoms with Gasteiger partial charge in [0.25, 0.3) is 0 Å². The maximum absolute atomic E-state index is 12.1. The number of nitrogens with zero attached hydrogens (tertiary/aromatic N) is 1. The predicted octanol–water partition coefficient (Wildman–Crippen LogP) is 2.90. The Morgan fingerprint density at radius 3 is 2.39 bits per heavy atom. The highest BCUT2D eigenvalue weighted by molar-refractivity contribution is 14.0. The fourth-order valence-electron chi connectivity index (χ4n) is 1.74. The Morgan fingerprint density at radius 1 is 1.22 bits per heavy atom. The van der Waals surface area contributed by atoms with Crippen molar-refractivity contribution in [2.75, 3.05) is 19.6 Å². The first-order chi connectivity index (χ1) is 10.6. The van der Waals surface area contributed by atoms with E-state index >= 15 is 0 Å². The van der Waals surface area contributed by atoms with E-state index < -0.39 is 12.7 Å². The second kappa shape index (κ2) is 12.3. The Kier molecular flexibility index (Phi) is 11.7. The van der Waals surface area contributed by atoms with Crippen LogP contribution in [0.4, 0.5) is 8.78 Å². The van der Waals surface area contributed by atoms with E-state index in [4.69, 9.17) is 0 Å². The van der Waals surface area contributed by atoms with Gasteiger partial charge in [-0.25, -0.2) is 0 Å². The number of guanidine groups is 1. The van der Waals surface area contributed by atoms with Crippen molar-refractivity contribution in [3.05, 3.63) is 29.8 Å². The molecule has 23 heavy (non-hydrogen) atoms.